The van der Waals surface area contributed by atoms with Crippen LogP contribution >= 0.6 is 11.6 Å². The van der Waals surface area contributed by atoms with Gasteiger partial charge in [-0.05, 0) is 36.4 Å². The van der Waals surface area contributed by atoms with E-state index in [4.69, 9.17) is 16.0 Å². The van der Waals surface area contributed by atoms with Crippen molar-refractivity contribution in [2.24, 2.45) is 5.10 Å². The maximum atomic E-state index is 12.7. The molecule has 0 saturated carbocycles. The van der Waals surface area contributed by atoms with E-state index in [2.05, 4.69) is 10.5 Å². The van der Waals surface area contributed by atoms with Crippen molar-refractivity contribution in [1.82, 2.24) is 0 Å². The van der Waals surface area contributed by atoms with Crippen molar-refractivity contribution >= 4 is 45.4 Å². The van der Waals surface area contributed by atoms with Crippen LogP contribution in [0.15, 0.2) is 68.9 Å². The Morgan fingerprint density at radius 1 is 1.07 bits per heavy atom. The number of hydrogen-bond acceptors (Lipinski definition) is 6. The Bertz CT molecular complexity index is 1250. The van der Waals surface area contributed by atoms with E-state index in [1.807, 2.05) is 0 Å². The van der Waals surface area contributed by atoms with Gasteiger partial charge < -0.3 is 14.6 Å². The fourth-order valence-corrected chi connectivity index (χ4v) is 2.92. The number of fused-ring (bicyclic) bond motifs is 2. The molecule has 0 aliphatic heterocycles. The van der Waals surface area contributed by atoms with Gasteiger partial charge in [-0.15, -0.1) is 0 Å². The lowest BCUT2D eigenvalue weighted by molar-refractivity contribution is 0.453. The SMILES string of the molecule is O=c1c2cccc(/C=N\Nc3ccc(Cl)cc3)c2oc2cc(O)cc(O)c12. The summed E-state index contributed by atoms with van der Waals surface area (Å²) >= 11 is 5.85. The Labute approximate surface area is 157 Å². The molecule has 0 atom stereocenters. The summed E-state index contributed by atoms with van der Waals surface area (Å²) < 4.78 is 5.78. The number of anilines is 1. The molecule has 0 fully saturated rings. The number of phenols is 2. The van der Waals surface area contributed by atoms with Gasteiger partial charge in [-0.2, -0.15) is 5.10 Å². The van der Waals surface area contributed by atoms with Gasteiger partial charge >= 0.3 is 0 Å². The number of nitrogens with one attached hydrogen (secondary N) is 1. The van der Waals surface area contributed by atoms with Gasteiger partial charge in [0.15, 0.2) is 0 Å². The molecular weight excluding hydrogens is 368 g/mol. The van der Waals surface area contributed by atoms with Crippen LogP contribution in [0, 0.1) is 0 Å². The zero-order chi connectivity index (χ0) is 19.0. The normalized spacial score (nSPS) is 11.4. The zero-order valence-corrected chi connectivity index (χ0v) is 14.6. The van der Waals surface area contributed by atoms with Crippen molar-refractivity contribution in [3.63, 3.8) is 0 Å². The highest BCUT2D eigenvalue weighted by molar-refractivity contribution is 6.30. The Morgan fingerprint density at radius 2 is 1.85 bits per heavy atom. The third kappa shape index (κ3) is 3.18. The molecule has 0 saturated heterocycles. The van der Waals surface area contributed by atoms with Crippen molar-refractivity contribution in [2.45, 2.75) is 0 Å². The Balaban J connectivity index is 1.80. The van der Waals surface area contributed by atoms with Crippen LogP contribution in [0.1, 0.15) is 5.56 Å². The second-order valence-electron chi connectivity index (χ2n) is 5.87. The van der Waals surface area contributed by atoms with Gasteiger partial charge in [0.05, 0.1) is 17.3 Å². The Morgan fingerprint density at radius 3 is 2.63 bits per heavy atom. The van der Waals surface area contributed by atoms with Crippen LogP contribution in [0.3, 0.4) is 0 Å². The molecule has 3 N–H and O–H groups in total. The van der Waals surface area contributed by atoms with Gasteiger partial charge in [-0.3, -0.25) is 10.2 Å². The van der Waals surface area contributed by atoms with Gasteiger partial charge in [0.1, 0.15) is 28.1 Å². The molecule has 0 amide bonds. The van der Waals surface area contributed by atoms with E-state index in [1.54, 1.807) is 42.5 Å². The van der Waals surface area contributed by atoms with Crippen LogP contribution in [-0.2, 0) is 0 Å². The van der Waals surface area contributed by atoms with E-state index in [-0.39, 0.29) is 27.9 Å². The van der Waals surface area contributed by atoms with Crippen molar-refractivity contribution in [3.8, 4) is 11.5 Å². The molecule has 3 aromatic carbocycles. The van der Waals surface area contributed by atoms with E-state index >= 15 is 0 Å². The standard InChI is InChI=1S/C20H13ClN2O4/c21-12-4-6-13(7-5-12)23-22-10-11-2-1-3-15-19(26)18-16(25)8-14(24)9-17(18)27-20(11)15/h1-10,23-25H/b22-10-. The average molecular weight is 381 g/mol. The summed E-state index contributed by atoms with van der Waals surface area (Å²) in [7, 11) is 0. The van der Waals surface area contributed by atoms with Crippen LogP contribution < -0.4 is 10.9 Å². The van der Waals surface area contributed by atoms with E-state index in [1.165, 1.54) is 12.3 Å². The lowest BCUT2D eigenvalue weighted by Gasteiger charge is -2.06. The molecule has 1 heterocycles. The number of halogens is 1. The molecule has 0 bridgehead atoms. The minimum atomic E-state index is -0.385. The summed E-state index contributed by atoms with van der Waals surface area (Å²) in [5.41, 5.74) is 4.20. The van der Waals surface area contributed by atoms with Crippen LogP contribution in [0.25, 0.3) is 21.9 Å². The monoisotopic (exact) mass is 380 g/mol. The first-order valence-corrected chi connectivity index (χ1v) is 8.37. The largest absolute Gasteiger partial charge is 0.508 e. The predicted octanol–water partition coefficient (Wildman–Crippen LogP) is 4.46. The molecule has 0 spiro atoms. The number of aromatic hydroxyl groups is 2. The minimum absolute atomic E-state index is 0.0219. The smallest absolute Gasteiger partial charge is 0.204 e. The maximum Gasteiger partial charge on any atom is 0.204 e. The van der Waals surface area contributed by atoms with E-state index in [0.29, 0.717) is 21.6 Å². The summed E-state index contributed by atoms with van der Waals surface area (Å²) in [5, 5.41) is 24.8. The summed E-state index contributed by atoms with van der Waals surface area (Å²) in [5.74, 6) is -0.526. The first kappa shape index (κ1) is 16.9. The number of hydrazone groups is 1. The Kier molecular flexibility index (Phi) is 4.18. The maximum absolute atomic E-state index is 12.7. The lowest BCUT2D eigenvalue weighted by Crippen LogP contribution is -2.04. The van der Waals surface area contributed by atoms with Gasteiger partial charge in [0.2, 0.25) is 5.43 Å². The first-order chi connectivity index (χ1) is 13.0. The van der Waals surface area contributed by atoms with E-state index in [0.717, 1.165) is 11.8 Å². The molecule has 7 heteroatoms. The van der Waals surface area contributed by atoms with Crippen molar-refractivity contribution < 1.29 is 14.6 Å². The highest BCUT2D eigenvalue weighted by atomic mass is 35.5. The number of rotatable bonds is 3. The molecule has 1 aromatic heterocycles. The molecule has 134 valence electrons. The second-order valence-corrected chi connectivity index (χ2v) is 6.31. The highest BCUT2D eigenvalue weighted by Crippen LogP contribution is 2.30. The molecule has 4 rings (SSSR count). The predicted molar refractivity (Wildman–Crippen MR) is 106 cm³/mol. The summed E-state index contributed by atoms with van der Waals surface area (Å²) in [4.78, 5) is 12.7. The summed E-state index contributed by atoms with van der Waals surface area (Å²) in [6.07, 6.45) is 1.52. The molecule has 27 heavy (non-hydrogen) atoms. The van der Waals surface area contributed by atoms with Gasteiger partial charge in [0.25, 0.3) is 0 Å². The number of benzene rings is 3. The number of para-hydroxylation sites is 1. The molecule has 6 nitrogen and oxygen atoms in total. The minimum Gasteiger partial charge on any atom is -0.508 e. The van der Waals surface area contributed by atoms with E-state index in [9.17, 15) is 15.0 Å². The van der Waals surface area contributed by atoms with Gasteiger partial charge in [-0.1, -0.05) is 17.7 Å². The lowest BCUT2D eigenvalue weighted by atomic mass is 10.1. The third-order valence-electron chi connectivity index (χ3n) is 4.04. The van der Waals surface area contributed by atoms with Crippen LogP contribution in [0.5, 0.6) is 11.5 Å². The Hall–Kier alpha value is -3.51. The van der Waals surface area contributed by atoms with Crippen molar-refractivity contribution in [2.75, 3.05) is 5.43 Å². The van der Waals surface area contributed by atoms with Gasteiger partial charge in [-0.25, -0.2) is 0 Å². The fraction of sp³-hybridized carbons (Fsp3) is 0. The van der Waals surface area contributed by atoms with Crippen LogP contribution in [-0.4, -0.2) is 16.4 Å². The van der Waals surface area contributed by atoms with Crippen molar-refractivity contribution in [3.05, 3.63) is 75.4 Å². The highest BCUT2D eigenvalue weighted by Gasteiger charge is 2.14. The molecule has 0 aliphatic rings. The third-order valence-corrected chi connectivity index (χ3v) is 4.29. The topological polar surface area (TPSA) is 95.1 Å². The van der Waals surface area contributed by atoms with Crippen molar-refractivity contribution in [1.29, 1.82) is 0 Å². The van der Waals surface area contributed by atoms with Crippen LogP contribution in [0.2, 0.25) is 5.02 Å². The molecule has 0 radical (unpaired) electrons. The summed E-state index contributed by atoms with van der Waals surface area (Å²) in [6, 6.07) is 14.5. The first-order valence-electron chi connectivity index (χ1n) is 7.99. The number of hydrogen-bond donors (Lipinski definition) is 3. The molecular formula is C20H13ClN2O4. The van der Waals surface area contributed by atoms with E-state index < -0.39 is 0 Å². The molecule has 0 unspecified atom stereocenters. The molecule has 4 aromatic rings. The van der Waals surface area contributed by atoms with Gasteiger partial charge in [0, 0.05) is 22.7 Å². The summed E-state index contributed by atoms with van der Waals surface area (Å²) in [6.45, 7) is 0. The fourth-order valence-electron chi connectivity index (χ4n) is 2.79. The second kappa shape index (κ2) is 6.66. The quantitative estimate of drug-likeness (QED) is 0.277. The number of nitrogens with zero attached hydrogens (tertiary/aromatic N) is 1. The zero-order valence-electron chi connectivity index (χ0n) is 13.8. The number of phenolic OH excluding ortho intramolecular Hbond substituents is 2. The average Bonchev–Trinajstić information content (AvgIpc) is 2.63. The molecule has 0 aliphatic carbocycles. The van der Waals surface area contributed by atoms with Crippen LogP contribution in [0.4, 0.5) is 5.69 Å².